The highest BCUT2D eigenvalue weighted by molar-refractivity contribution is 14.0. The van der Waals surface area contributed by atoms with E-state index in [2.05, 4.69) is 25.3 Å². The zero-order valence-electron chi connectivity index (χ0n) is 18.5. The number of ether oxygens (including phenoxy) is 1. The maximum atomic E-state index is 14.5. The summed E-state index contributed by atoms with van der Waals surface area (Å²) < 4.78 is 25.0. The summed E-state index contributed by atoms with van der Waals surface area (Å²) >= 11 is 0. The normalized spacial score (nSPS) is 14.6. The highest BCUT2D eigenvalue weighted by Crippen LogP contribution is 2.24. The molecule has 4 rings (SSSR count). The molecular formula is C23H28FIN6O2. The van der Waals surface area contributed by atoms with Crippen molar-refractivity contribution in [2.24, 2.45) is 4.99 Å². The number of hydrogen-bond acceptors (Lipinski definition) is 6. The van der Waals surface area contributed by atoms with Crippen molar-refractivity contribution in [3.8, 4) is 11.5 Å². The molecule has 1 aliphatic rings. The van der Waals surface area contributed by atoms with Gasteiger partial charge in [0.05, 0.1) is 18.4 Å². The number of piperazine rings is 1. The standard InChI is InChI=1S/C23H27FN6O2.HI/c1-2-26-23(30-11-9-29(10-12-30)17-19-7-13-31-28-19)27-15-18-5-6-22(21(24)14-18)32-20-4-3-8-25-16-20;/h3-8,13-14,16H,2,9-12,15,17H2,1H3,(H,26,27);1H. The van der Waals surface area contributed by atoms with Gasteiger partial charge in [-0.25, -0.2) is 9.38 Å². The van der Waals surface area contributed by atoms with E-state index in [4.69, 9.17) is 14.3 Å². The minimum atomic E-state index is -0.423. The molecule has 8 nitrogen and oxygen atoms in total. The average Bonchev–Trinajstić information content (AvgIpc) is 3.33. The van der Waals surface area contributed by atoms with Crippen LogP contribution in [0.25, 0.3) is 0 Å². The van der Waals surface area contributed by atoms with Crippen molar-refractivity contribution < 1.29 is 13.7 Å². The maximum absolute atomic E-state index is 14.5. The Morgan fingerprint density at radius 1 is 1.21 bits per heavy atom. The third-order valence-electron chi connectivity index (χ3n) is 5.15. The van der Waals surface area contributed by atoms with Gasteiger partial charge in [-0.1, -0.05) is 11.2 Å². The summed E-state index contributed by atoms with van der Waals surface area (Å²) in [4.78, 5) is 13.3. The third kappa shape index (κ3) is 7.13. The first-order valence-corrected chi connectivity index (χ1v) is 10.7. The number of nitrogens with one attached hydrogen (secondary N) is 1. The second-order valence-electron chi connectivity index (χ2n) is 7.48. The number of rotatable bonds is 7. The summed E-state index contributed by atoms with van der Waals surface area (Å²) in [5.41, 5.74) is 1.72. The minimum absolute atomic E-state index is 0. The third-order valence-corrected chi connectivity index (χ3v) is 5.15. The van der Waals surface area contributed by atoms with Gasteiger partial charge < -0.3 is 19.5 Å². The fraction of sp³-hybridized carbons (Fsp3) is 0.348. The Morgan fingerprint density at radius 3 is 2.73 bits per heavy atom. The predicted molar refractivity (Wildman–Crippen MR) is 134 cm³/mol. The van der Waals surface area contributed by atoms with Gasteiger partial charge in [-0.15, -0.1) is 24.0 Å². The van der Waals surface area contributed by atoms with Gasteiger partial charge in [0.15, 0.2) is 17.5 Å². The first-order chi connectivity index (χ1) is 15.7. The predicted octanol–water partition coefficient (Wildman–Crippen LogP) is 3.90. The molecule has 1 aliphatic heterocycles. The molecule has 3 aromatic rings. The van der Waals surface area contributed by atoms with Crippen LogP contribution in [0.1, 0.15) is 18.2 Å². The van der Waals surface area contributed by atoms with Gasteiger partial charge >= 0.3 is 0 Å². The number of nitrogens with zero attached hydrogens (tertiary/aromatic N) is 5. The van der Waals surface area contributed by atoms with Crippen LogP contribution < -0.4 is 10.1 Å². The van der Waals surface area contributed by atoms with E-state index in [0.29, 0.717) is 12.3 Å². The molecule has 0 atom stereocenters. The molecule has 0 saturated carbocycles. The van der Waals surface area contributed by atoms with Crippen molar-refractivity contribution in [3.63, 3.8) is 0 Å². The van der Waals surface area contributed by atoms with Crippen LogP contribution in [0.4, 0.5) is 4.39 Å². The van der Waals surface area contributed by atoms with E-state index in [1.54, 1.807) is 36.9 Å². The first kappa shape index (κ1) is 24.9. The summed E-state index contributed by atoms with van der Waals surface area (Å²) in [6.07, 6.45) is 4.79. The molecule has 10 heteroatoms. The molecule has 1 N–H and O–H groups in total. The molecule has 0 amide bonds. The number of aromatic nitrogens is 2. The van der Waals surface area contributed by atoms with Crippen LogP contribution >= 0.6 is 24.0 Å². The molecule has 1 aromatic carbocycles. The van der Waals surface area contributed by atoms with Gasteiger partial charge in [-0.3, -0.25) is 9.88 Å². The van der Waals surface area contributed by atoms with Crippen LogP contribution in [-0.2, 0) is 13.1 Å². The van der Waals surface area contributed by atoms with Gasteiger partial charge in [-0.2, -0.15) is 0 Å². The Kier molecular flexibility index (Phi) is 9.43. The SMILES string of the molecule is CCNC(=NCc1ccc(Oc2cccnc2)c(F)c1)N1CCN(Cc2ccon2)CC1.I. The molecule has 0 radical (unpaired) electrons. The van der Waals surface area contributed by atoms with Crippen molar-refractivity contribution in [2.45, 2.75) is 20.0 Å². The fourth-order valence-electron chi connectivity index (χ4n) is 3.52. The lowest BCUT2D eigenvalue weighted by Crippen LogP contribution is -2.52. The lowest BCUT2D eigenvalue weighted by atomic mass is 10.2. The van der Waals surface area contributed by atoms with Crippen LogP contribution in [0.3, 0.4) is 0 Å². The quantitative estimate of drug-likeness (QED) is 0.264. The van der Waals surface area contributed by atoms with Crippen molar-refractivity contribution in [1.82, 2.24) is 25.3 Å². The molecule has 176 valence electrons. The van der Waals surface area contributed by atoms with Crippen LogP contribution in [0.2, 0.25) is 0 Å². The number of guanidine groups is 1. The summed E-state index contributed by atoms with van der Waals surface area (Å²) in [5, 5.41) is 7.33. The molecular weight excluding hydrogens is 538 g/mol. The number of pyridine rings is 1. The van der Waals surface area contributed by atoms with Crippen LogP contribution in [0.5, 0.6) is 11.5 Å². The van der Waals surface area contributed by atoms with E-state index in [1.165, 1.54) is 6.07 Å². The number of aliphatic imine (C=N–C) groups is 1. The van der Waals surface area contributed by atoms with Gasteiger partial charge in [0.25, 0.3) is 0 Å². The maximum Gasteiger partial charge on any atom is 0.194 e. The molecule has 0 bridgehead atoms. The molecule has 3 heterocycles. The number of halogens is 2. The molecule has 33 heavy (non-hydrogen) atoms. The van der Waals surface area contributed by atoms with E-state index in [1.807, 2.05) is 19.1 Å². The lowest BCUT2D eigenvalue weighted by molar-refractivity contribution is 0.169. The summed E-state index contributed by atoms with van der Waals surface area (Å²) in [5.74, 6) is 1.08. The van der Waals surface area contributed by atoms with Gasteiger partial charge in [-0.05, 0) is 36.8 Å². The molecule has 0 unspecified atom stereocenters. The highest BCUT2D eigenvalue weighted by Gasteiger charge is 2.20. The van der Waals surface area contributed by atoms with E-state index in [0.717, 1.165) is 56.5 Å². The van der Waals surface area contributed by atoms with Crippen LogP contribution in [0.15, 0.2) is 64.6 Å². The second kappa shape index (κ2) is 12.5. The Hall–Kier alpha value is -2.73. The van der Waals surface area contributed by atoms with E-state index in [9.17, 15) is 4.39 Å². The van der Waals surface area contributed by atoms with Gasteiger partial charge in [0, 0.05) is 51.5 Å². The number of benzene rings is 1. The molecule has 1 saturated heterocycles. The molecule has 0 spiro atoms. The van der Waals surface area contributed by atoms with Crippen LogP contribution in [0, 0.1) is 5.82 Å². The van der Waals surface area contributed by atoms with Crippen molar-refractivity contribution in [1.29, 1.82) is 0 Å². The van der Waals surface area contributed by atoms with E-state index in [-0.39, 0.29) is 29.7 Å². The smallest absolute Gasteiger partial charge is 0.194 e. The summed E-state index contributed by atoms with van der Waals surface area (Å²) in [7, 11) is 0. The fourth-order valence-corrected chi connectivity index (χ4v) is 3.52. The van der Waals surface area contributed by atoms with Crippen LogP contribution in [-0.4, -0.2) is 58.6 Å². The number of hydrogen-bond donors (Lipinski definition) is 1. The topological polar surface area (TPSA) is 79.0 Å². The van der Waals surface area contributed by atoms with Gasteiger partial charge in [0.2, 0.25) is 0 Å². The minimum Gasteiger partial charge on any atom is -0.453 e. The average molecular weight is 566 g/mol. The molecule has 1 fully saturated rings. The largest absolute Gasteiger partial charge is 0.453 e. The van der Waals surface area contributed by atoms with E-state index >= 15 is 0 Å². The Bertz CT molecular complexity index is 1010. The molecule has 2 aromatic heterocycles. The van der Waals surface area contributed by atoms with Crippen molar-refractivity contribution in [3.05, 3.63) is 72.1 Å². The summed E-state index contributed by atoms with van der Waals surface area (Å²) in [6.45, 7) is 7.51. The van der Waals surface area contributed by atoms with E-state index < -0.39 is 5.82 Å². The highest BCUT2D eigenvalue weighted by atomic mass is 127. The van der Waals surface area contributed by atoms with Crippen molar-refractivity contribution in [2.75, 3.05) is 32.7 Å². The lowest BCUT2D eigenvalue weighted by Gasteiger charge is -2.36. The molecule has 0 aliphatic carbocycles. The summed E-state index contributed by atoms with van der Waals surface area (Å²) in [6, 6.07) is 10.3. The Labute approximate surface area is 209 Å². The zero-order chi connectivity index (χ0) is 22.2. The monoisotopic (exact) mass is 566 g/mol. The first-order valence-electron chi connectivity index (χ1n) is 10.7. The Morgan fingerprint density at radius 2 is 2.06 bits per heavy atom. The van der Waals surface area contributed by atoms with Gasteiger partial charge in [0.1, 0.15) is 12.0 Å². The van der Waals surface area contributed by atoms with Crippen molar-refractivity contribution >= 4 is 29.9 Å². The second-order valence-corrected chi connectivity index (χ2v) is 7.48. The zero-order valence-corrected chi connectivity index (χ0v) is 20.8. The Balaban J connectivity index is 0.00000306.